The maximum atomic E-state index is 9.30. The standard InChI is InChI=1S/C24H30ClN5O/c1-5-13-30(14-6-2)21-10-8-9-20-23(21)29(4)24(28-20)27-19-12-11-17(25)15-22(19)31-18(7-3)16-26/h8-12,15,18H,5-7,13-14H2,1-4H3,(H,27,28). The van der Waals surface area contributed by atoms with Gasteiger partial charge in [0.15, 0.2) is 6.10 Å². The smallest absolute Gasteiger partial charge is 0.208 e. The molecule has 1 N–H and O–H groups in total. The van der Waals surface area contributed by atoms with Crippen LogP contribution in [0.15, 0.2) is 36.4 Å². The van der Waals surface area contributed by atoms with Crippen molar-refractivity contribution in [1.29, 1.82) is 5.26 Å². The summed E-state index contributed by atoms with van der Waals surface area (Å²) in [5, 5.41) is 13.2. The molecule has 0 saturated carbocycles. The highest BCUT2D eigenvalue weighted by Crippen LogP contribution is 2.34. The van der Waals surface area contributed by atoms with E-state index in [2.05, 4.69) is 46.8 Å². The van der Waals surface area contributed by atoms with Crippen LogP contribution < -0.4 is 15.0 Å². The van der Waals surface area contributed by atoms with E-state index in [1.807, 2.05) is 26.1 Å². The lowest BCUT2D eigenvalue weighted by Gasteiger charge is -2.25. The molecule has 7 heteroatoms. The van der Waals surface area contributed by atoms with Crippen LogP contribution in [0, 0.1) is 11.3 Å². The summed E-state index contributed by atoms with van der Waals surface area (Å²) in [4.78, 5) is 7.25. The van der Waals surface area contributed by atoms with E-state index in [1.54, 1.807) is 12.1 Å². The van der Waals surface area contributed by atoms with Crippen molar-refractivity contribution < 1.29 is 4.74 Å². The predicted octanol–water partition coefficient (Wildman–Crippen LogP) is 6.28. The molecule has 0 aliphatic carbocycles. The second kappa shape index (κ2) is 10.4. The van der Waals surface area contributed by atoms with Gasteiger partial charge >= 0.3 is 0 Å². The molecule has 0 bridgehead atoms. The van der Waals surface area contributed by atoms with Crippen LogP contribution in [0.2, 0.25) is 5.02 Å². The normalized spacial score (nSPS) is 11.9. The number of aryl methyl sites for hydroxylation is 1. The number of aromatic nitrogens is 2. The number of rotatable bonds is 10. The minimum absolute atomic E-state index is 0.534. The number of para-hydroxylation sites is 1. The van der Waals surface area contributed by atoms with E-state index in [9.17, 15) is 5.26 Å². The molecule has 0 fully saturated rings. The number of benzene rings is 2. The van der Waals surface area contributed by atoms with Gasteiger partial charge in [0.05, 0.1) is 22.4 Å². The third-order valence-electron chi connectivity index (χ3n) is 5.17. The Bertz CT molecular complexity index is 1070. The number of fused-ring (bicyclic) bond motifs is 1. The van der Waals surface area contributed by atoms with Crippen molar-refractivity contribution >= 4 is 40.0 Å². The van der Waals surface area contributed by atoms with E-state index >= 15 is 0 Å². The number of imidazole rings is 1. The zero-order valence-electron chi connectivity index (χ0n) is 18.7. The average molecular weight is 440 g/mol. The highest BCUT2D eigenvalue weighted by Gasteiger charge is 2.17. The minimum atomic E-state index is -0.539. The number of nitrogens with zero attached hydrogens (tertiary/aromatic N) is 4. The van der Waals surface area contributed by atoms with Crippen molar-refractivity contribution in [1.82, 2.24) is 9.55 Å². The van der Waals surface area contributed by atoms with Crippen LogP contribution in [-0.2, 0) is 7.05 Å². The molecule has 0 spiro atoms. The molecule has 0 amide bonds. The number of anilines is 3. The number of hydrogen-bond acceptors (Lipinski definition) is 5. The molecule has 2 aromatic carbocycles. The van der Waals surface area contributed by atoms with Crippen LogP contribution in [0.1, 0.15) is 40.0 Å². The zero-order chi connectivity index (χ0) is 22.4. The predicted molar refractivity (Wildman–Crippen MR) is 129 cm³/mol. The Morgan fingerprint density at radius 1 is 1.19 bits per heavy atom. The molecule has 0 aliphatic rings. The first-order valence-electron chi connectivity index (χ1n) is 10.9. The Balaban J connectivity index is 2.01. The lowest BCUT2D eigenvalue weighted by atomic mass is 10.2. The van der Waals surface area contributed by atoms with Crippen LogP contribution in [-0.4, -0.2) is 28.7 Å². The van der Waals surface area contributed by atoms with Crippen LogP contribution in [0.3, 0.4) is 0 Å². The number of ether oxygens (including phenoxy) is 1. The molecule has 1 heterocycles. The van der Waals surface area contributed by atoms with E-state index in [0.29, 0.717) is 23.1 Å². The van der Waals surface area contributed by atoms with Crippen molar-refractivity contribution in [3.63, 3.8) is 0 Å². The maximum absolute atomic E-state index is 9.30. The highest BCUT2D eigenvalue weighted by atomic mass is 35.5. The average Bonchev–Trinajstić information content (AvgIpc) is 3.09. The van der Waals surface area contributed by atoms with E-state index in [0.717, 1.165) is 42.7 Å². The largest absolute Gasteiger partial charge is 0.473 e. The molecule has 0 saturated heterocycles. The van der Waals surface area contributed by atoms with Crippen molar-refractivity contribution in [3.8, 4) is 11.8 Å². The van der Waals surface area contributed by atoms with Gasteiger partial charge in [0.1, 0.15) is 11.8 Å². The third-order valence-corrected chi connectivity index (χ3v) is 5.41. The number of nitriles is 1. The first kappa shape index (κ1) is 22.8. The van der Waals surface area contributed by atoms with Gasteiger partial charge in [-0.1, -0.05) is 38.4 Å². The SMILES string of the molecule is CCCN(CCC)c1cccc2nc(Nc3ccc(Cl)cc3OC(C#N)CC)n(C)c12. The lowest BCUT2D eigenvalue weighted by Crippen LogP contribution is -2.25. The number of nitrogens with one attached hydrogen (secondary N) is 1. The van der Waals surface area contributed by atoms with Gasteiger partial charge < -0.3 is 19.5 Å². The minimum Gasteiger partial charge on any atom is -0.473 e. The van der Waals surface area contributed by atoms with Gasteiger partial charge in [0, 0.05) is 31.2 Å². The van der Waals surface area contributed by atoms with E-state index < -0.39 is 6.10 Å². The highest BCUT2D eigenvalue weighted by molar-refractivity contribution is 6.30. The molecule has 3 rings (SSSR count). The molecular weight excluding hydrogens is 410 g/mol. The molecule has 31 heavy (non-hydrogen) atoms. The summed E-state index contributed by atoms with van der Waals surface area (Å²) < 4.78 is 7.96. The van der Waals surface area contributed by atoms with Crippen molar-refractivity contribution in [2.75, 3.05) is 23.3 Å². The molecule has 164 valence electrons. The second-order valence-electron chi connectivity index (χ2n) is 7.54. The maximum Gasteiger partial charge on any atom is 0.208 e. The Hall–Kier alpha value is -2.91. The van der Waals surface area contributed by atoms with Gasteiger partial charge in [0.2, 0.25) is 5.95 Å². The summed E-state index contributed by atoms with van der Waals surface area (Å²) in [5.74, 6) is 1.24. The number of hydrogen-bond donors (Lipinski definition) is 1. The molecule has 3 aromatic rings. The molecule has 0 radical (unpaired) electrons. The Labute approximate surface area is 189 Å². The summed E-state index contributed by atoms with van der Waals surface area (Å²) in [6.45, 7) is 8.32. The summed E-state index contributed by atoms with van der Waals surface area (Å²) in [7, 11) is 2.01. The first-order chi connectivity index (χ1) is 15.0. The molecule has 6 nitrogen and oxygen atoms in total. The van der Waals surface area contributed by atoms with E-state index in [-0.39, 0.29) is 0 Å². The van der Waals surface area contributed by atoms with Crippen LogP contribution >= 0.6 is 11.6 Å². The molecular formula is C24H30ClN5O. The van der Waals surface area contributed by atoms with Crippen LogP contribution in [0.4, 0.5) is 17.3 Å². The second-order valence-corrected chi connectivity index (χ2v) is 7.97. The topological polar surface area (TPSA) is 66.1 Å². The Morgan fingerprint density at radius 2 is 1.94 bits per heavy atom. The van der Waals surface area contributed by atoms with Gasteiger partial charge in [0.25, 0.3) is 0 Å². The van der Waals surface area contributed by atoms with Gasteiger partial charge in [-0.05, 0) is 43.5 Å². The summed E-state index contributed by atoms with van der Waals surface area (Å²) >= 11 is 6.18. The third kappa shape index (κ3) is 5.05. The summed E-state index contributed by atoms with van der Waals surface area (Å²) in [5.41, 5.74) is 3.93. The van der Waals surface area contributed by atoms with Crippen molar-refractivity contribution in [3.05, 3.63) is 41.4 Å². The lowest BCUT2D eigenvalue weighted by molar-refractivity contribution is 0.253. The molecule has 1 atom stereocenters. The van der Waals surface area contributed by atoms with Crippen molar-refractivity contribution in [2.24, 2.45) is 7.05 Å². The van der Waals surface area contributed by atoms with Crippen LogP contribution in [0.5, 0.6) is 5.75 Å². The zero-order valence-corrected chi connectivity index (χ0v) is 19.4. The Kier molecular flexibility index (Phi) is 7.64. The van der Waals surface area contributed by atoms with Gasteiger partial charge in [-0.2, -0.15) is 5.26 Å². The monoisotopic (exact) mass is 439 g/mol. The fourth-order valence-corrected chi connectivity index (χ4v) is 3.84. The Morgan fingerprint density at radius 3 is 2.58 bits per heavy atom. The van der Waals surface area contributed by atoms with Crippen LogP contribution in [0.25, 0.3) is 11.0 Å². The first-order valence-corrected chi connectivity index (χ1v) is 11.2. The van der Waals surface area contributed by atoms with Crippen molar-refractivity contribution in [2.45, 2.75) is 46.1 Å². The summed E-state index contributed by atoms with van der Waals surface area (Å²) in [6, 6.07) is 13.8. The molecule has 1 unspecified atom stereocenters. The van der Waals surface area contributed by atoms with E-state index in [4.69, 9.17) is 21.3 Å². The quantitative estimate of drug-likeness (QED) is 0.402. The van der Waals surface area contributed by atoms with Gasteiger partial charge in [-0.25, -0.2) is 4.98 Å². The summed E-state index contributed by atoms with van der Waals surface area (Å²) in [6.07, 6.45) is 2.22. The number of halogens is 1. The van der Waals surface area contributed by atoms with Gasteiger partial charge in [-0.3, -0.25) is 0 Å². The fraction of sp³-hybridized carbons (Fsp3) is 0.417. The molecule has 0 aliphatic heterocycles. The van der Waals surface area contributed by atoms with E-state index in [1.165, 1.54) is 5.69 Å². The van der Waals surface area contributed by atoms with Gasteiger partial charge in [-0.15, -0.1) is 0 Å². The fourth-order valence-electron chi connectivity index (χ4n) is 3.68. The molecule has 1 aromatic heterocycles.